The number of fused-ring (bicyclic) bond motifs is 10. The maximum atomic E-state index is 9.61. The average molecular weight is 665 g/mol. The Balaban J connectivity index is 1.30. The van der Waals surface area contributed by atoms with Gasteiger partial charge in [0, 0.05) is 21.5 Å². The predicted molar refractivity (Wildman–Crippen MR) is 210 cm³/mol. The summed E-state index contributed by atoms with van der Waals surface area (Å²) in [5.41, 5.74) is -6.59. The highest BCUT2D eigenvalue weighted by atomic mass is 16.3. The number of hydrogen-bond acceptors (Lipinski definition) is 2. The van der Waals surface area contributed by atoms with Crippen molar-refractivity contribution >= 4 is 76.2 Å². The molecule has 11 rings (SSSR count). The van der Waals surface area contributed by atoms with Crippen molar-refractivity contribution < 1.29 is 47.2 Å². The Morgan fingerprint density at radius 1 is 0.300 bits per heavy atom. The summed E-state index contributed by atoms with van der Waals surface area (Å²) in [6, 6.07) is -24.9. The van der Waals surface area contributed by atoms with Crippen LogP contribution in [-0.4, -0.2) is 0 Å². The van der Waals surface area contributed by atoms with Gasteiger partial charge in [-0.15, -0.1) is 0 Å². The minimum atomic E-state index is -1.10. The first-order chi connectivity index (χ1) is 36.5. The van der Waals surface area contributed by atoms with Crippen molar-refractivity contribution in [3.05, 3.63) is 169 Å². The van der Waals surface area contributed by atoms with Gasteiger partial charge < -0.3 is 8.83 Å². The van der Waals surface area contributed by atoms with E-state index in [9.17, 15) is 17.8 Å². The predicted octanol–water partition coefficient (Wildman–Crippen LogP) is 13.9. The monoisotopic (exact) mass is 664 g/mol. The summed E-state index contributed by atoms with van der Waals surface area (Å²) in [6.45, 7) is 0. The van der Waals surface area contributed by atoms with Crippen molar-refractivity contribution in [2.45, 2.75) is 0 Å². The standard InChI is InChI=1S/C48H28O2/c1-2-10-32-27-34(22-19-29(32)9-1)46-37-13-5-3-11-35(37)45(36-12-4-6-14-38(36)46)31-20-17-30(18-21-31)33-23-24-40-44(28-33)50-43-26-25-42-47(48(40)43)39-15-7-8-16-41(39)49-42/h1-28H/i1D,2D,3D,4D,5D,6D,7D,8D,9D,10D,11D,12D,13D,14D,15D,16D,17D,18D,19D,20D,21D,22D,23D,24D,25D,26D,27D,28D. The van der Waals surface area contributed by atoms with E-state index in [1.165, 1.54) is 0 Å². The molecule has 0 N–H and O–H groups in total. The van der Waals surface area contributed by atoms with Crippen LogP contribution in [0.15, 0.2) is 178 Å². The second-order valence-corrected chi connectivity index (χ2v) is 11.0. The molecule has 0 atom stereocenters. The Bertz CT molecular complexity index is 4660. The van der Waals surface area contributed by atoms with Gasteiger partial charge in [0.05, 0.1) is 38.4 Å². The molecule has 232 valence electrons. The van der Waals surface area contributed by atoms with Gasteiger partial charge in [-0.1, -0.05) is 133 Å². The van der Waals surface area contributed by atoms with Crippen LogP contribution in [0.4, 0.5) is 0 Å². The van der Waals surface area contributed by atoms with E-state index in [4.69, 9.17) is 29.4 Å². The van der Waals surface area contributed by atoms with E-state index in [-0.39, 0.29) is 21.5 Å². The Labute approximate surface area is 326 Å². The third kappa shape index (κ3) is 3.96. The highest BCUT2D eigenvalue weighted by molar-refractivity contribution is 6.26. The van der Waals surface area contributed by atoms with Gasteiger partial charge in [-0.2, -0.15) is 0 Å². The second-order valence-electron chi connectivity index (χ2n) is 11.0. The number of benzene rings is 9. The number of para-hydroxylation sites is 1. The lowest BCUT2D eigenvalue weighted by Crippen LogP contribution is -1.91. The van der Waals surface area contributed by atoms with Crippen molar-refractivity contribution in [2.24, 2.45) is 0 Å². The van der Waals surface area contributed by atoms with Crippen LogP contribution in [0.2, 0.25) is 0 Å². The highest BCUT2D eigenvalue weighted by Gasteiger charge is 2.18. The van der Waals surface area contributed by atoms with Gasteiger partial charge >= 0.3 is 0 Å². The zero-order valence-corrected chi connectivity index (χ0v) is 24.8. The number of furan rings is 2. The molecule has 2 heteroatoms. The molecule has 0 amide bonds. The maximum Gasteiger partial charge on any atom is 0.136 e. The van der Waals surface area contributed by atoms with E-state index in [0.717, 1.165) is 0 Å². The van der Waals surface area contributed by atoms with Gasteiger partial charge in [-0.25, -0.2) is 0 Å². The van der Waals surface area contributed by atoms with E-state index in [2.05, 4.69) is 0 Å². The molecule has 0 aliphatic carbocycles. The molecular formula is C48H28O2. The number of hydrogen-bond donors (Lipinski definition) is 0. The molecule has 0 aliphatic rings. The van der Waals surface area contributed by atoms with Crippen LogP contribution < -0.4 is 0 Å². The van der Waals surface area contributed by atoms with Gasteiger partial charge in [0.15, 0.2) is 0 Å². The third-order valence-electron chi connectivity index (χ3n) is 8.33. The fourth-order valence-electron chi connectivity index (χ4n) is 6.21. The molecule has 2 heterocycles. The molecule has 11 aromatic rings. The summed E-state index contributed by atoms with van der Waals surface area (Å²) < 4.78 is 264. The van der Waals surface area contributed by atoms with E-state index in [1.54, 1.807) is 0 Å². The van der Waals surface area contributed by atoms with Gasteiger partial charge in [-0.05, 0) is 102 Å². The van der Waals surface area contributed by atoms with Crippen molar-refractivity contribution in [3.63, 3.8) is 0 Å². The molecular weight excluding hydrogens is 609 g/mol. The van der Waals surface area contributed by atoms with Crippen LogP contribution in [0.5, 0.6) is 0 Å². The van der Waals surface area contributed by atoms with Crippen LogP contribution in [0.1, 0.15) is 38.4 Å². The van der Waals surface area contributed by atoms with Gasteiger partial charge in [-0.3, -0.25) is 0 Å². The molecule has 0 aliphatic heterocycles. The average Bonchev–Trinajstić information content (AvgIpc) is 4.15. The molecule has 0 saturated heterocycles. The molecule has 2 nitrogen and oxygen atoms in total. The van der Waals surface area contributed by atoms with Gasteiger partial charge in [0.1, 0.15) is 22.3 Å². The van der Waals surface area contributed by atoms with Crippen molar-refractivity contribution in [3.8, 4) is 33.4 Å². The molecule has 0 spiro atoms. The Morgan fingerprint density at radius 2 is 0.780 bits per heavy atom. The fourth-order valence-corrected chi connectivity index (χ4v) is 6.21. The smallest absolute Gasteiger partial charge is 0.136 e. The largest absolute Gasteiger partial charge is 0.456 e. The SMILES string of the molecule is [2H]c1c([2H])c(-c2c3c([2H])c([2H])c([2H])c([2H])c3c(-c3c([2H])c([2H])c4c([2H])c([2H])c([2H])c([2H])c4c3[2H])c3c([2H])c([2H])c([2H])c([2H])c23)c([2H])c([2H])c1-c1c([2H])c([2H])c2c(oc3c([2H])c([2H])c4oc5c([2H])c([2H])c([2H])c([2H])c5c4c32)c1[2H]. The molecule has 0 fully saturated rings. The van der Waals surface area contributed by atoms with Crippen LogP contribution in [-0.2, 0) is 0 Å². The molecule has 0 radical (unpaired) electrons. The lowest BCUT2D eigenvalue weighted by molar-refractivity contribution is 0.663. The topological polar surface area (TPSA) is 26.3 Å². The summed E-state index contributed by atoms with van der Waals surface area (Å²) in [5.74, 6) is 0. The molecule has 2 aromatic heterocycles. The Hall–Kier alpha value is -6.64. The lowest BCUT2D eigenvalue weighted by Gasteiger charge is -2.18. The molecule has 0 unspecified atom stereocenters. The maximum absolute atomic E-state index is 9.61. The zero-order valence-electron chi connectivity index (χ0n) is 52.8. The minimum Gasteiger partial charge on any atom is -0.456 e. The summed E-state index contributed by atoms with van der Waals surface area (Å²) >= 11 is 0. The molecule has 50 heavy (non-hydrogen) atoms. The molecule has 0 bridgehead atoms. The van der Waals surface area contributed by atoms with Crippen molar-refractivity contribution in [2.75, 3.05) is 0 Å². The second kappa shape index (κ2) is 10.4. The van der Waals surface area contributed by atoms with E-state index < -0.39 is 257 Å². The first-order valence-electron chi connectivity index (χ1n) is 28.8. The minimum absolute atomic E-state index is 0.214. The first-order valence-corrected chi connectivity index (χ1v) is 14.8. The van der Waals surface area contributed by atoms with Crippen LogP contribution in [0.25, 0.3) is 110 Å². The van der Waals surface area contributed by atoms with Gasteiger partial charge in [0.25, 0.3) is 0 Å². The van der Waals surface area contributed by atoms with Crippen molar-refractivity contribution in [1.29, 1.82) is 0 Å². The summed E-state index contributed by atoms with van der Waals surface area (Å²) in [4.78, 5) is 0. The quantitative estimate of drug-likeness (QED) is 0.176. The van der Waals surface area contributed by atoms with E-state index in [1.807, 2.05) is 0 Å². The van der Waals surface area contributed by atoms with Crippen LogP contribution >= 0.6 is 0 Å². The normalized spacial score (nSPS) is 19.8. The summed E-state index contributed by atoms with van der Waals surface area (Å²) in [7, 11) is 0. The van der Waals surface area contributed by atoms with E-state index >= 15 is 0 Å². The van der Waals surface area contributed by atoms with Crippen LogP contribution in [0.3, 0.4) is 0 Å². The zero-order chi connectivity index (χ0) is 57.1. The molecule has 0 saturated carbocycles. The summed E-state index contributed by atoms with van der Waals surface area (Å²) in [6.07, 6.45) is 0. The van der Waals surface area contributed by atoms with Crippen LogP contribution in [0, 0.1) is 0 Å². The number of rotatable bonds is 3. The highest BCUT2D eigenvalue weighted by Crippen LogP contribution is 2.45. The van der Waals surface area contributed by atoms with E-state index in [0.29, 0.717) is 0 Å². The third-order valence-corrected chi connectivity index (χ3v) is 8.33. The summed E-state index contributed by atoms with van der Waals surface area (Å²) in [5, 5.41) is -5.28. The Kier molecular flexibility index (Phi) is 2.45. The molecule has 9 aromatic carbocycles. The van der Waals surface area contributed by atoms with Crippen molar-refractivity contribution in [1.82, 2.24) is 0 Å². The first kappa shape index (κ1) is 11.8. The lowest BCUT2D eigenvalue weighted by atomic mass is 9.85. The Morgan fingerprint density at radius 3 is 1.46 bits per heavy atom. The fraction of sp³-hybridized carbons (Fsp3) is 0. The van der Waals surface area contributed by atoms with Gasteiger partial charge in [0.2, 0.25) is 0 Å².